The quantitative estimate of drug-likeness (QED) is 0.202. The maximum absolute atomic E-state index is 14.9. The normalized spacial score (nSPS) is 25.2. The van der Waals surface area contributed by atoms with E-state index in [2.05, 4.69) is 34.7 Å². The van der Waals surface area contributed by atoms with Crippen LogP contribution in [0.25, 0.3) is 22.3 Å². The highest BCUT2D eigenvalue weighted by molar-refractivity contribution is 6.01. The van der Waals surface area contributed by atoms with Gasteiger partial charge in [0.15, 0.2) is 11.5 Å². The van der Waals surface area contributed by atoms with Gasteiger partial charge < -0.3 is 29.4 Å². The van der Waals surface area contributed by atoms with Crippen LogP contribution in [0.4, 0.5) is 19.1 Å². The molecule has 286 valence electrons. The van der Waals surface area contributed by atoms with Crippen molar-refractivity contribution in [1.82, 2.24) is 29.8 Å². The summed E-state index contributed by atoms with van der Waals surface area (Å²) in [5.74, 6) is -1.21. The number of hydrogen-bond donors (Lipinski definition) is 2. The van der Waals surface area contributed by atoms with E-state index in [9.17, 15) is 27.9 Å². The Bertz CT molecular complexity index is 2050. The lowest BCUT2D eigenvalue weighted by Gasteiger charge is -2.33. The number of anilines is 1. The van der Waals surface area contributed by atoms with E-state index >= 15 is 0 Å². The Morgan fingerprint density at radius 3 is 2.48 bits per heavy atom. The van der Waals surface area contributed by atoms with E-state index in [0.29, 0.717) is 61.5 Å². The minimum absolute atomic E-state index is 0.0216. The Labute approximate surface area is 310 Å². The topological polar surface area (TPSA) is 145 Å². The SMILES string of the molecule is Cc1nc(-c2cn(C3CCOCC3)c3cc(OC4CCN(c5ncccn5)CC4)ccc23)nc(C(F)(F)F)c1C(=O)NC1(C(=O)O)CC2CC(C)CC1C2. The molecule has 2 N–H and O–H groups in total. The van der Waals surface area contributed by atoms with Crippen molar-refractivity contribution in [2.24, 2.45) is 17.8 Å². The van der Waals surface area contributed by atoms with Crippen molar-refractivity contribution in [3.8, 4) is 17.1 Å². The first-order chi connectivity index (χ1) is 25.9. The number of rotatable bonds is 8. The van der Waals surface area contributed by atoms with Crippen LogP contribution in [0, 0.1) is 24.7 Å². The second-order valence-corrected chi connectivity index (χ2v) is 15.5. The van der Waals surface area contributed by atoms with Crippen molar-refractivity contribution >= 4 is 28.7 Å². The van der Waals surface area contributed by atoms with Gasteiger partial charge >= 0.3 is 12.1 Å². The van der Waals surface area contributed by atoms with Crippen molar-refractivity contribution < 1.29 is 37.3 Å². The van der Waals surface area contributed by atoms with Gasteiger partial charge in [-0.05, 0) is 81.4 Å². The van der Waals surface area contributed by atoms with Crippen LogP contribution in [-0.2, 0) is 15.7 Å². The molecule has 12 nitrogen and oxygen atoms in total. The Balaban J connectivity index is 1.12. The fourth-order valence-corrected chi connectivity index (χ4v) is 9.41. The molecule has 4 unspecified atom stereocenters. The number of halogens is 3. The number of alkyl halides is 3. The number of aromatic nitrogens is 5. The number of benzene rings is 1. The summed E-state index contributed by atoms with van der Waals surface area (Å²) in [6.07, 6.45) is 5.34. The third-order valence-electron chi connectivity index (χ3n) is 11.9. The van der Waals surface area contributed by atoms with Crippen molar-refractivity contribution in [1.29, 1.82) is 0 Å². The van der Waals surface area contributed by atoms with Crippen LogP contribution in [0.1, 0.15) is 86.1 Å². The highest BCUT2D eigenvalue weighted by Crippen LogP contribution is 2.51. The Hall–Kier alpha value is -4.79. The molecule has 2 aliphatic carbocycles. The Morgan fingerprint density at radius 2 is 1.78 bits per heavy atom. The van der Waals surface area contributed by atoms with E-state index < -0.39 is 34.8 Å². The monoisotopic (exact) mass is 747 g/mol. The molecular formula is C39H44F3N7O5. The summed E-state index contributed by atoms with van der Waals surface area (Å²) in [7, 11) is 0. The Morgan fingerprint density at radius 1 is 1.04 bits per heavy atom. The lowest BCUT2D eigenvalue weighted by Crippen LogP contribution is -2.57. The summed E-state index contributed by atoms with van der Waals surface area (Å²) < 4.78 is 58.8. The number of carboxylic acid groups (broad SMARTS) is 1. The second kappa shape index (κ2) is 14.1. The van der Waals surface area contributed by atoms with E-state index in [0.717, 1.165) is 37.9 Å². The van der Waals surface area contributed by atoms with Crippen LogP contribution in [0.15, 0.2) is 42.9 Å². The minimum Gasteiger partial charge on any atom is -0.490 e. The molecule has 15 heteroatoms. The van der Waals surface area contributed by atoms with E-state index in [1.54, 1.807) is 24.7 Å². The third-order valence-corrected chi connectivity index (χ3v) is 11.9. The average Bonchev–Trinajstić information content (AvgIpc) is 3.65. The number of aliphatic carboxylic acids is 1. The molecule has 2 aliphatic heterocycles. The van der Waals surface area contributed by atoms with Gasteiger partial charge in [-0.2, -0.15) is 13.2 Å². The molecule has 4 fully saturated rings. The van der Waals surface area contributed by atoms with Gasteiger partial charge in [0.1, 0.15) is 17.4 Å². The molecule has 0 radical (unpaired) electrons. The van der Waals surface area contributed by atoms with Crippen molar-refractivity contribution in [2.75, 3.05) is 31.2 Å². The number of carbonyl (C=O) groups excluding carboxylic acids is 1. The third kappa shape index (κ3) is 6.75. The zero-order chi connectivity index (χ0) is 37.8. The van der Waals surface area contributed by atoms with Crippen molar-refractivity contribution in [3.63, 3.8) is 0 Å². The van der Waals surface area contributed by atoms with Crippen LogP contribution in [0.3, 0.4) is 0 Å². The summed E-state index contributed by atoms with van der Waals surface area (Å²) in [5, 5.41) is 13.6. The highest BCUT2D eigenvalue weighted by Gasteiger charge is 2.56. The summed E-state index contributed by atoms with van der Waals surface area (Å²) in [6, 6.07) is 7.37. The summed E-state index contributed by atoms with van der Waals surface area (Å²) in [5.41, 5.74) is -2.82. The molecule has 5 heterocycles. The zero-order valence-electron chi connectivity index (χ0n) is 30.3. The number of nitrogens with one attached hydrogen (secondary N) is 1. The number of hydrogen-bond acceptors (Lipinski definition) is 9. The van der Waals surface area contributed by atoms with E-state index in [4.69, 9.17) is 9.47 Å². The number of carboxylic acids is 1. The molecule has 0 spiro atoms. The largest absolute Gasteiger partial charge is 0.490 e. The van der Waals surface area contributed by atoms with Gasteiger partial charge in [0, 0.05) is 80.8 Å². The number of amides is 1. The van der Waals surface area contributed by atoms with Crippen LogP contribution in [-0.4, -0.2) is 79.4 Å². The number of carbonyl (C=O) groups is 2. The summed E-state index contributed by atoms with van der Waals surface area (Å²) in [6.45, 7) is 5.96. The maximum Gasteiger partial charge on any atom is 0.434 e. The van der Waals surface area contributed by atoms with E-state index in [1.807, 2.05) is 25.1 Å². The predicted octanol–water partition coefficient (Wildman–Crippen LogP) is 6.62. The minimum atomic E-state index is -5.02. The molecular weight excluding hydrogens is 703 g/mol. The number of aryl methyl sites for hydroxylation is 1. The molecule has 2 saturated heterocycles. The molecule has 2 bridgehead atoms. The smallest absolute Gasteiger partial charge is 0.434 e. The molecule has 4 aliphatic rings. The first-order valence-corrected chi connectivity index (χ1v) is 18.8. The van der Waals surface area contributed by atoms with Crippen LogP contribution >= 0.6 is 0 Å². The predicted molar refractivity (Wildman–Crippen MR) is 192 cm³/mol. The molecule has 4 aromatic rings. The van der Waals surface area contributed by atoms with Gasteiger partial charge in [-0.15, -0.1) is 0 Å². The molecule has 3 aromatic heterocycles. The van der Waals surface area contributed by atoms with Gasteiger partial charge in [-0.3, -0.25) is 4.79 Å². The first-order valence-electron chi connectivity index (χ1n) is 18.8. The van der Waals surface area contributed by atoms with Crippen molar-refractivity contribution in [3.05, 3.63) is 59.8 Å². The first kappa shape index (κ1) is 36.2. The van der Waals surface area contributed by atoms with Crippen LogP contribution in [0.5, 0.6) is 5.75 Å². The molecule has 2 saturated carbocycles. The molecule has 1 amide bonds. The molecule has 8 rings (SSSR count). The van der Waals surface area contributed by atoms with Gasteiger partial charge in [0.2, 0.25) is 5.95 Å². The van der Waals surface area contributed by atoms with E-state index in [-0.39, 0.29) is 47.8 Å². The fraction of sp³-hybridized carbons (Fsp3) is 0.538. The lowest BCUT2D eigenvalue weighted by molar-refractivity contribution is -0.146. The summed E-state index contributed by atoms with van der Waals surface area (Å²) >= 11 is 0. The van der Waals surface area contributed by atoms with E-state index in [1.165, 1.54) is 6.92 Å². The number of ether oxygens (including phenoxy) is 2. The second-order valence-electron chi connectivity index (χ2n) is 15.5. The standard InChI is InChI=1S/C39H44F3N7O5/c1-22-16-24-18-25(17-22)38(20-24,36(51)52)47-35(50)32-23(2)45-34(46-33(32)39(40,41)42)30-21-49(26-8-14-53-15-9-26)31-19-28(4-5-29(30)31)54-27-6-12-48(13-7-27)37-43-10-3-11-44-37/h3-5,10-11,19,21-22,24-27H,6-9,12-18,20H2,1-2H3,(H,47,50)(H,51,52). The molecule has 1 aromatic carbocycles. The zero-order valence-corrected chi connectivity index (χ0v) is 30.3. The maximum atomic E-state index is 14.9. The lowest BCUT2D eigenvalue weighted by atomic mass is 9.78. The van der Waals surface area contributed by atoms with Gasteiger partial charge in [0.25, 0.3) is 5.91 Å². The van der Waals surface area contributed by atoms with Gasteiger partial charge in [0.05, 0.1) is 16.8 Å². The Kier molecular flexibility index (Phi) is 9.47. The average molecular weight is 748 g/mol. The number of nitrogens with zero attached hydrogens (tertiary/aromatic N) is 6. The fourth-order valence-electron chi connectivity index (χ4n) is 9.41. The van der Waals surface area contributed by atoms with Crippen molar-refractivity contribution in [2.45, 2.75) is 89.1 Å². The summed E-state index contributed by atoms with van der Waals surface area (Å²) in [4.78, 5) is 45.9. The van der Waals surface area contributed by atoms with Crippen LogP contribution in [0.2, 0.25) is 0 Å². The van der Waals surface area contributed by atoms with Crippen LogP contribution < -0.4 is 15.0 Å². The van der Waals surface area contributed by atoms with Gasteiger partial charge in [-0.25, -0.2) is 24.7 Å². The number of fused-ring (bicyclic) bond motifs is 3. The molecule has 54 heavy (non-hydrogen) atoms. The molecule has 4 atom stereocenters. The van der Waals surface area contributed by atoms with Gasteiger partial charge in [-0.1, -0.05) is 6.92 Å². The number of piperidine rings is 1. The highest BCUT2D eigenvalue weighted by atomic mass is 19.4.